The number of halogens is 2. The van der Waals surface area contributed by atoms with E-state index in [9.17, 15) is 9.59 Å². The van der Waals surface area contributed by atoms with Gasteiger partial charge in [-0.1, -0.05) is 51.8 Å². The van der Waals surface area contributed by atoms with E-state index in [2.05, 4.69) is 31.8 Å². The topological polar surface area (TPSA) is 98.2 Å². The molecule has 0 fully saturated rings. The number of nitrogens with one attached hydrogen (secondary N) is 2. The molecule has 174 valence electrons. The first-order chi connectivity index (χ1) is 16.5. The number of fused-ring (bicyclic) bond motifs is 1. The molecule has 1 heterocycles. The van der Waals surface area contributed by atoms with Crippen molar-refractivity contribution < 1.29 is 23.8 Å². The van der Waals surface area contributed by atoms with Crippen LogP contribution in [-0.2, 0) is 22.7 Å². The monoisotopic (exact) mass is 543 g/mol. The van der Waals surface area contributed by atoms with Crippen molar-refractivity contribution in [2.24, 2.45) is 5.10 Å². The highest BCUT2D eigenvalue weighted by Gasteiger charge is 2.15. The number of hydrogen-bond acceptors (Lipinski definition) is 6. The summed E-state index contributed by atoms with van der Waals surface area (Å²) in [5.41, 5.74) is 4.42. The summed E-state index contributed by atoms with van der Waals surface area (Å²) < 4.78 is 17.2. The number of benzene rings is 3. The van der Waals surface area contributed by atoms with Crippen LogP contribution in [0.15, 0.2) is 70.2 Å². The predicted octanol–water partition coefficient (Wildman–Crippen LogP) is 4.18. The van der Waals surface area contributed by atoms with Gasteiger partial charge in [-0.15, -0.1) is 0 Å². The summed E-state index contributed by atoms with van der Waals surface area (Å²) in [5.74, 6) is 0.0606. The molecule has 0 unspecified atom stereocenters. The van der Waals surface area contributed by atoms with Crippen molar-refractivity contribution >= 4 is 45.6 Å². The lowest BCUT2D eigenvalue weighted by molar-refractivity contribution is -0.139. The maximum absolute atomic E-state index is 12.1. The Bertz CT molecular complexity index is 1250. The van der Waals surface area contributed by atoms with Crippen molar-refractivity contribution in [2.75, 3.05) is 6.79 Å². The summed E-state index contributed by atoms with van der Waals surface area (Å²) in [4.78, 5) is 24.2. The molecule has 0 aromatic heterocycles. The first-order valence-electron chi connectivity index (χ1n) is 10.1. The molecule has 0 saturated heterocycles. The number of hydrogen-bond donors (Lipinski definition) is 2. The van der Waals surface area contributed by atoms with E-state index in [1.165, 1.54) is 6.21 Å². The fourth-order valence-corrected chi connectivity index (χ4v) is 3.62. The average molecular weight is 545 g/mol. The van der Waals surface area contributed by atoms with E-state index in [0.29, 0.717) is 27.8 Å². The van der Waals surface area contributed by atoms with Crippen LogP contribution in [0.1, 0.15) is 16.7 Å². The van der Waals surface area contributed by atoms with Crippen LogP contribution in [0.3, 0.4) is 0 Å². The molecule has 1 aliphatic rings. The molecule has 0 radical (unpaired) electrons. The number of ether oxygens (including phenoxy) is 3. The van der Waals surface area contributed by atoms with Crippen LogP contribution in [0.25, 0.3) is 0 Å². The molecule has 3 aromatic rings. The molecule has 3 aromatic carbocycles. The van der Waals surface area contributed by atoms with Gasteiger partial charge in [-0.2, -0.15) is 5.10 Å². The van der Waals surface area contributed by atoms with Crippen LogP contribution < -0.4 is 25.0 Å². The first-order valence-corrected chi connectivity index (χ1v) is 11.3. The fourth-order valence-electron chi connectivity index (χ4n) is 3.05. The Morgan fingerprint density at radius 2 is 1.88 bits per heavy atom. The van der Waals surface area contributed by atoms with Gasteiger partial charge in [0.15, 0.2) is 11.5 Å². The standard InChI is InChI=1S/C24H19BrClN3O5/c25-18-6-8-20(32-13-16-3-1-2-4-19(16)26)17(10-18)12-28-29-24(31)23(30)27-11-15-5-7-21-22(9-15)34-14-33-21/h1-10,12H,11,13-14H2,(H,27,30)(H,29,31)/b28-12-. The van der Waals surface area contributed by atoms with E-state index in [1.54, 1.807) is 36.4 Å². The molecule has 0 spiro atoms. The number of hydrazone groups is 1. The van der Waals surface area contributed by atoms with Crippen LogP contribution in [-0.4, -0.2) is 24.8 Å². The summed E-state index contributed by atoms with van der Waals surface area (Å²) >= 11 is 9.58. The van der Waals surface area contributed by atoms with Gasteiger partial charge < -0.3 is 19.5 Å². The molecule has 0 saturated carbocycles. The highest BCUT2D eigenvalue weighted by atomic mass is 79.9. The third kappa shape index (κ3) is 6.06. The molecule has 10 heteroatoms. The molecule has 4 rings (SSSR count). The Morgan fingerprint density at radius 1 is 1.06 bits per heavy atom. The van der Waals surface area contributed by atoms with Gasteiger partial charge in [0.25, 0.3) is 0 Å². The van der Waals surface area contributed by atoms with Gasteiger partial charge in [0.2, 0.25) is 6.79 Å². The van der Waals surface area contributed by atoms with Crippen molar-refractivity contribution in [1.82, 2.24) is 10.7 Å². The summed E-state index contributed by atoms with van der Waals surface area (Å²) in [6.07, 6.45) is 1.40. The minimum Gasteiger partial charge on any atom is -0.488 e. The van der Waals surface area contributed by atoms with Gasteiger partial charge in [-0.3, -0.25) is 9.59 Å². The van der Waals surface area contributed by atoms with Crippen molar-refractivity contribution in [3.05, 3.63) is 86.8 Å². The van der Waals surface area contributed by atoms with Crippen LogP contribution >= 0.6 is 27.5 Å². The quantitative estimate of drug-likeness (QED) is 0.264. The molecule has 0 bridgehead atoms. The first kappa shape index (κ1) is 23.6. The highest BCUT2D eigenvalue weighted by Crippen LogP contribution is 2.32. The number of carbonyl (C=O) groups excluding carboxylic acids is 2. The Labute approximate surface area is 209 Å². The van der Waals surface area contributed by atoms with E-state index < -0.39 is 11.8 Å². The molecule has 0 atom stereocenters. The summed E-state index contributed by atoms with van der Waals surface area (Å²) in [5, 5.41) is 7.03. The normalized spacial score (nSPS) is 11.9. The lowest BCUT2D eigenvalue weighted by Gasteiger charge is -2.10. The molecule has 0 aliphatic carbocycles. The molecular formula is C24H19BrClN3O5. The van der Waals surface area contributed by atoms with Crippen molar-refractivity contribution in [3.8, 4) is 17.2 Å². The van der Waals surface area contributed by atoms with Crippen LogP contribution in [0, 0.1) is 0 Å². The van der Waals surface area contributed by atoms with Crippen molar-refractivity contribution in [2.45, 2.75) is 13.2 Å². The van der Waals surface area contributed by atoms with E-state index in [0.717, 1.165) is 15.6 Å². The lowest BCUT2D eigenvalue weighted by Crippen LogP contribution is -2.37. The Balaban J connectivity index is 1.32. The third-order valence-electron chi connectivity index (χ3n) is 4.78. The van der Waals surface area contributed by atoms with Gasteiger partial charge in [0.05, 0.1) is 6.21 Å². The van der Waals surface area contributed by atoms with Gasteiger partial charge in [-0.25, -0.2) is 5.43 Å². The SMILES string of the molecule is O=C(NCc1ccc2c(c1)OCO2)C(=O)N/N=C\c1cc(Br)ccc1OCc1ccccc1Cl. The van der Waals surface area contributed by atoms with E-state index >= 15 is 0 Å². The maximum Gasteiger partial charge on any atom is 0.329 e. The second-order valence-corrected chi connectivity index (χ2v) is 8.45. The highest BCUT2D eigenvalue weighted by molar-refractivity contribution is 9.10. The second-order valence-electron chi connectivity index (χ2n) is 7.13. The molecule has 2 N–H and O–H groups in total. The molecule has 1 aliphatic heterocycles. The Morgan fingerprint density at radius 3 is 2.74 bits per heavy atom. The third-order valence-corrected chi connectivity index (χ3v) is 5.64. The largest absolute Gasteiger partial charge is 0.488 e. The van der Waals surface area contributed by atoms with Crippen LogP contribution in [0.2, 0.25) is 5.02 Å². The predicted molar refractivity (Wildman–Crippen MR) is 130 cm³/mol. The van der Waals surface area contributed by atoms with Crippen molar-refractivity contribution in [3.63, 3.8) is 0 Å². The zero-order chi connectivity index (χ0) is 23.9. The summed E-state index contributed by atoms with van der Waals surface area (Å²) in [6.45, 7) is 0.575. The molecule has 2 amide bonds. The van der Waals surface area contributed by atoms with Gasteiger partial charge >= 0.3 is 11.8 Å². The van der Waals surface area contributed by atoms with E-state index in [4.69, 9.17) is 25.8 Å². The zero-order valence-corrected chi connectivity index (χ0v) is 20.1. The van der Waals surface area contributed by atoms with E-state index in [-0.39, 0.29) is 19.9 Å². The fraction of sp³-hybridized carbons (Fsp3) is 0.125. The molecule has 34 heavy (non-hydrogen) atoms. The maximum atomic E-state index is 12.1. The molecular weight excluding hydrogens is 526 g/mol. The van der Waals surface area contributed by atoms with Gasteiger partial charge in [0.1, 0.15) is 12.4 Å². The minimum absolute atomic E-state index is 0.151. The summed E-state index contributed by atoms with van der Waals surface area (Å²) in [6, 6.07) is 18.0. The van der Waals surface area contributed by atoms with Gasteiger partial charge in [-0.05, 0) is 42.0 Å². The minimum atomic E-state index is -0.898. The summed E-state index contributed by atoms with van der Waals surface area (Å²) in [7, 11) is 0. The smallest absolute Gasteiger partial charge is 0.329 e. The van der Waals surface area contributed by atoms with Crippen LogP contribution in [0.4, 0.5) is 0 Å². The lowest BCUT2D eigenvalue weighted by atomic mass is 10.2. The van der Waals surface area contributed by atoms with Gasteiger partial charge in [0, 0.05) is 27.2 Å². The number of carbonyl (C=O) groups is 2. The number of nitrogens with zero attached hydrogens (tertiary/aromatic N) is 1. The second kappa shape index (κ2) is 11.0. The Hall–Kier alpha value is -3.56. The molecule has 8 nitrogen and oxygen atoms in total. The van der Waals surface area contributed by atoms with E-state index in [1.807, 2.05) is 24.3 Å². The van der Waals surface area contributed by atoms with Crippen molar-refractivity contribution in [1.29, 1.82) is 0 Å². The average Bonchev–Trinajstić information content (AvgIpc) is 3.31. The number of amides is 2. The number of rotatable bonds is 7. The zero-order valence-electron chi connectivity index (χ0n) is 17.7. The van der Waals surface area contributed by atoms with Crippen LogP contribution in [0.5, 0.6) is 17.2 Å². The Kier molecular flexibility index (Phi) is 7.66.